The Morgan fingerprint density at radius 3 is 2.95 bits per heavy atom. The van der Waals surface area contributed by atoms with Gasteiger partial charge in [0, 0.05) is 17.6 Å². The van der Waals surface area contributed by atoms with Crippen LogP contribution in [0.1, 0.15) is 31.4 Å². The molecule has 1 saturated heterocycles. The third kappa shape index (κ3) is 4.28. The van der Waals surface area contributed by atoms with Crippen molar-refractivity contribution in [3.8, 4) is 0 Å². The third-order valence-corrected chi connectivity index (χ3v) is 4.45. The highest BCUT2D eigenvalue weighted by Crippen LogP contribution is 2.22. The average molecular weight is 328 g/mol. The van der Waals surface area contributed by atoms with Crippen molar-refractivity contribution >= 4 is 15.9 Å². The van der Waals surface area contributed by atoms with Crippen LogP contribution in [0.25, 0.3) is 0 Å². The van der Waals surface area contributed by atoms with Gasteiger partial charge >= 0.3 is 0 Å². The summed E-state index contributed by atoms with van der Waals surface area (Å²) in [6.45, 7) is 4.67. The van der Waals surface area contributed by atoms with Gasteiger partial charge in [-0.2, -0.15) is 0 Å². The summed E-state index contributed by atoms with van der Waals surface area (Å²) in [4.78, 5) is 2.24. The van der Waals surface area contributed by atoms with Crippen molar-refractivity contribution in [1.82, 2.24) is 4.90 Å². The van der Waals surface area contributed by atoms with Gasteiger partial charge in [0.25, 0.3) is 0 Å². The number of nitrogens with zero attached hydrogens (tertiary/aromatic N) is 1. The summed E-state index contributed by atoms with van der Waals surface area (Å²) >= 11 is 3.42. The average Bonchev–Trinajstić information content (AvgIpc) is 2.40. The molecule has 19 heavy (non-hydrogen) atoms. The van der Waals surface area contributed by atoms with E-state index >= 15 is 0 Å². The van der Waals surface area contributed by atoms with Gasteiger partial charge in [0.1, 0.15) is 0 Å². The lowest BCUT2D eigenvalue weighted by Gasteiger charge is -2.34. The quantitative estimate of drug-likeness (QED) is 0.893. The second kappa shape index (κ2) is 6.84. The topological polar surface area (TPSA) is 43.7 Å². The highest BCUT2D eigenvalue weighted by Gasteiger charge is 2.24. The van der Waals surface area contributed by atoms with Crippen molar-refractivity contribution < 1.29 is 10.2 Å². The van der Waals surface area contributed by atoms with E-state index in [9.17, 15) is 10.2 Å². The lowest BCUT2D eigenvalue weighted by molar-refractivity contribution is 0.0226. The lowest BCUT2D eigenvalue weighted by Crippen LogP contribution is -2.43. The first-order valence-corrected chi connectivity index (χ1v) is 7.69. The molecule has 0 radical (unpaired) electrons. The molecule has 4 heteroatoms. The van der Waals surface area contributed by atoms with Crippen molar-refractivity contribution in [2.45, 2.75) is 32.0 Å². The van der Waals surface area contributed by atoms with E-state index in [1.807, 2.05) is 24.3 Å². The Morgan fingerprint density at radius 1 is 1.47 bits per heavy atom. The molecule has 2 N–H and O–H groups in total. The van der Waals surface area contributed by atoms with Crippen molar-refractivity contribution in [3.63, 3.8) is 0 Å². The van der Waals surface area contributed by atoms with E-state index in [0.29, 0.717) is 12.3 Å². The maximum absolute atomic E-state index is 10.2. The molecular weight excluding hydrogens is 306 g/mol. The second-order valence-corrected chi connectivity index (χ2v) is 6.41. The van der Waals surface area contributed by atoms with Gasteiger partial charge in [0.05, 0.1) is 12.2 Å². The Kier molecular flexibility index (Phi) is 5.39. The molecule has 0 saturated carbocycles. The first-order chi connectivity index (χ1) is 9.06. The molecule has 106 valence electrons. The van der Waals surface area contributed by atoms with Gasteiger partial charge in [0.15, 0.2) is 0 Å². The highest BCUT2D eigenvalue weighted by atomic mass is 79.9. The smallest absolute Gasteiger partial charge is 0.0802 e. The Hall–Kier alpha value is -0.420. The number of halogens is 1. The van der Waals surface area contributed by atoms with Gasteiger partial charge < -0.3 is 15.1 Å². The Bertz CT molecular complexity index is 413. The number of hydrogen-bond donors (Lipinski definition) is 2. The van der Waals surface area contributed by atoms with Gasteiger partial charge in [-0.15, -0.1) is 0 Å². The van der Waals surface area contributed by atoms with Gasteiger partial charge in [-0.25, -0.2) is 0 Å². The molecule has 1 aromatic rings. The van der Waals surface area contributed by atoms with Gasteiger partial charge in [-0.1, -0.05) is 35.0 Å². The fourth-order valence-corrected chi connectivity index (χ4v) is 2.92. The molecule has 0 amide bonds. The number of benzene rings is 1. The SMILES string of the molecule is CC1CCN(CCC(O)c2cccc(Br)c2)CC1O. The van der Waals surface area contributed by atoms with Gasteiger partial charge in [-0.3, -0.25) is 0 Å². The number of likely N-dealkylation sites (tertiary alicyclic amines) is 1. The molecule has 2 rings (SSSR count). The van der Waals surface area contributed by atoms with E-state index in [0.717, 1.165) is 36.1 Å². The van der Waals surface area contributed by atoms with Crippen LogP contribution in [0.3, 0.4) is 0 Å². The summed E-state index contributed by atoms with van der Waals surface area (Å²) < 4.78 is 0.992. The van der Waals surface area contributed by atoms with Gasteiger partial charge in [-0.05, 0) is 43.0 Å². The van der Waals surface area contributed by atoms with Crippen LogP contribution in [0.15, 0.2) is 28.7 Å². The molecule has 0 aromatic heterocycles. The summed E-state index contributed by atoms with van der Waals surface area (Å²) in [5, 5.41) is 20.0. The monoisotopic (exact) mass is 327 g/mol. The number of hydrogen-bond acceptors (Lipinski definition) is 3. The molecule has 1 aliphatic heterocycles. The second-order valence-electron chi connectivity index (χ2n) is 5.49. The first-order valence-electron chi connectivity index (χ1n) is 6.90. The fourth-order valence-electron chi connectivity index (χ4n) is 2.50. The van der Waals surface area contributed by atoms with E-state index in [4.69, 9.17) is 0 Å². The molecule has 3 unspecified atom stereocenters. The zero-order valence-electron chi connectivity index (χ0n) is 11.3. The van der Waals surface area contributed by atoms with Crippen LogP contribution in [0, 0.1) is 5.92 Å². The molecule has 3 nitrogen and oxygen atoms in total. The normalized spacial score (nSPS) is 26.3. The fraction of sp³-hybridized carbons (Fsp3) is 0.600. The highest BCUT2D eigenvalue weighted by molar-refractivity contribution is 9.10. The molecule has 1 aliphatic rings. The van der Waals surface area contributed by atoms with Crippen LogP contribution < -0.4 is 0 Å². The summed E-state index contributed by atoms with van der Waals surface area (Å²) in [5.74, 6) is 0.395. The summed E-state index contributed by atoms with van der Waals surface area (Å²) in [5.41, 5.74) is 0.945. The Morgan fingerprint density at radius 2 is 2.26 bits per heavy atom. The van der Waals surface area contributed by atoms with E-state index in [1.165, 1.54) is 0 Å². The largest absolute Gasteiger partial charge is 0.392 e. The van der Waals surface area contributed by atoms with Crippen LogP contribution in [0.2, 0.25) is 0 Å². The number of piperidine rings is 1. The van der Waals surface area contributed by atoms with E-state index < -0.39 is 6.10 Å². The number of aliphatic hydroxyl groups excluding tert-OH is 2. The number of aliphatic hydroxyl groups is 2. The van der Waals surface area contributed by atoms with Crippen LogP contribution in [-0.2, 0) is 0 Å². The number of rotatable bonds is 4. The lowest BCUT2D eigenvalue weighted by atomic mass is 9.95. The minimum atomic E-state index is -0.436. The minimum Gasteiger partial charge on any atom is -0.392 e. The standard InChI is InChI=1S/C15H22BrNO2/c1-11-5-7-17(10-15(11)19)8-6-14(18)12-3-2-4-13(16)9-12/h2-4,9,11,14-15,18-19H,5-8,10H2,1H3. The Balaban J connectivity index is 1.82. The zero-order valence-corrected chi connectivity index (χ0v) is 12.9. The Labute approximate surface area is 123 Å². The molecule has 3 atom stereocenters. The van der Waals surface area contributed by atoms with E-state index in [-0.39, 0.29) is 6.10 Å². The van der Waals surface area contributed by atoms with E-state index in [1.54, 1.807) is 0 Å². The zero-order chi connectivity index (χ0) is 13.8. The van der Waals surface area contributed by atoms with Crippen LogP contribution in [0.4, 0.5) is 0 Å². The molecule has 1 aromatic carbocycles. The summed E-state index contributed by atoms with van der Waals surface area (Å²) in [6, 6.07) is 7.80. The summed E-state index contributed by atoms with van der Waals surface area (Å²) in [6.07, 6.45) is 1.08. The maximum atomic E-state index is 10.2. The molecule has 0 bridgehead atoms. The predicted molar refractivity (Wildman–Crippen MR) is 79.9 cm³/mol. The predicted octanol–water partition coefficient (Wildman–Crippen LogP) is 2.58. The van der Waals surface area contributed by atoms with Crippen LogP contribution >= 0.6 is 15.9 Å². The molecular formula is C15H22BrNO2. The van der Waals surface area contributed by atoms with Crippen molar-refractivity contribution in [3.05, 3.63) is 34.3 Å². The van der Waals surface area contributed by atoms with Crippen molar-refractivity contribution in [2.24, 2.45) is 5.92 Å². The third-order valence-electron chi connectivity index (χ3n) is 3.95. The van der Waals surface area contributed by atoms with Crippen LogP contribution in [0.5, 0.6) is 0 Å². The molecule has 0 spiro atoms. The van der Waals surface area contributed by atoms with E-state index in [2.05, 4.69) is 27.8 Å². The minimum absolute atomic E-state index is 0.225. The maximum Gasteiger partial charge on any atom is 0.0802 e. The van der Waals surface area contributed by atoms with Gasteiger partial charge in [0.2, 0.25) is 0 Å². The van der Waals surface area contributed by atoms with Crippen molar-refractivity contribution in [1.29, 1.82) is 0 Å². The first kappa shape index (κ1) is 15.0. The molecule has 1 heterocycles. The summed E-state index contributed by atoms with van der Waals surface area (Å²) in [7, 11) is 0. The molecule has 0 aliphatic carbocycles. The van der Waals surface area contributed by atoms with Crippen molar-refractivity contribution in [2.75, 3.05) is 19.6 Å². The van der Waals surface area contributed by atoms with Crippen LogP contribution in [-0.4, -0.2) is 40.9 Å². The molecule has 1 fully saturated rings. The number of β-amino-alcohol motifs (C(OH)–C–C–N with tert-alkyl or cyclic N) is 1.